The highest BCUT2D eigenvalue weighted by Gasteiger charge is 2.24. The molecule has 0 fully saturated rings. The maximum atomic E-state index is 11.1. The molecule has 6 heteroatoms. The monoisotopic (exact) mass is 261 g/mol. The third kappa shape index (κ3) is 7.93. The standard InChI is InChI=1S/C11H23N3O2S/c1-4-16-7-5-6-13-10(17)14-8-11(2,3)9(12)15/h4-8H2,1-3H3,(H2,12,15)(H2,13,14,17). The van der Waals surface area contributed by atoms with E-state index < -0.39 is 5.41 Å². The lowest BCUT2D eigenvalue weighted by atomic mass is 9.93. The first-order valence-electron chi connectivity index (χ1n) is 5.79. The molecule has 0 saturated heterocycles. The van der Waals surface area contributed by atoms with Gasteiger partial charge in [0, 0.05) is 26.3 Å². The van der Waals surface area contributed by atoms with Crippen LogP contribution >= 0.6 is 12.2 Å². The molecule has 0 aliphatic heterocycles. The fourth-order valence-corrected chi connectivity index (χ4v) is 1.15. The van der Waals surface area contributed by atoms with E-state index in [9.17, 15) is 4.79 Å². The summed E-state index contributed by atoms with van der Waals surface area (Å²) in [6.45, 7) is 8.16. The lowest BCUT2D eigenvalue weighted by Gasteiger charge is -2.22. The fourth-order valence-electron chi connectivity index (χ4n) is 0.971. The summed E-state index contributed by atoms with van der Waals surface area (Å²) in [5.74, 6) is -0.343. The van der Waals surface area contributed by atoms with E-state index >= 15 is 0 Å². The Morgan fingerprint density at radius 3 is 2.59 bits per heavy atom. The summed E-state index contributed by atoms with van der Waals surface area (Å²) in [6.07, 6.45) is 0.898. The Hall–Kier alpha value is -0.880. The zero-order valence-corrected chi connectivity index (χ0v) is 11.7. The van der Waals surface area contributed by atoms with Crippen molar-refractivity contribution < 1.29 is 9.53 Å². The molecule has 17 heavy (non-hydrogen) atoms. The number of hydrogen-bond acceptors (Lipinski definition) is 3. The second kappa shape index (κ2) is 8.25. The van der Waals surface area contributed by atoms with Gasteiger partial charge in [-0.3, -0.25) is 4.79 Å². The van der Waals surface area contributed by atoms with Crippen molar-refractivity contribution in [2.45, 2.75) is 27.2 Å². The van der Waals surface area contributed by atoms with Gasteiger partial charge in [-0.05, 0) is 39.4 Å². The first-order chi connectivity index (χ1) is 7.90. The van der Waals surface area contributed by atoms with E-state index in [1.54, 1.807) is 13.8 Å². The largest absolute Gasteiger partial charge is 0.382 e. The number of nitrogens with two attached hydrogens (primary N) is 1. The summed E-state index contributed by atoms with van der Waals surface area (Å²) in [4.78, 5) is 11.1. The number of amides is 1. The number of nitrogens with one attached hydrogen (secondary N) is 2. The second-order valence-corrected chi connectivity index (χ2v) is 4.82. The molecule has 0 unspecified atom stereocenters. The molecule has 0 bridgehead atoms. The van der Waals surface area contributed by atoms with Crippen molar-refractivity contribution in [1.29, 1.82) is 0 Å². The average Bonchev–Trinajstić information content (AvgIpc) is 2.26. The summed E-state index contributed by atoms with van der Waals surface area (Å²) in [6, 6.07) is 0. The highest BCUT2D eigenvalue weighted by atomic mass is 32.1. The van der Waals surface area contributed by atoms with E-state index in [0.29, 0.717) is 11.7 Å². The van der Waals surface area contributed by atoms with Gasteiger partial charge >= 0.3 is 0 Å². The van der Waals surface area contributed by atoms with Gasteiger partial charge in [-0.15, -0.1) is 0 Å². The molecule has 5 nitrogen and oxygen atoms in total. The molecule has 0 aliphatic rings. The smallest absolute Gasteiger partial charge is 0.224 e. The van der Waals surface area contributed by atoms with Gasteiger partial charge in [0.15, 0.2) is 5.11 Å². The summed E-state index contributed by atoms with van der Waals surface area (Å²) in [5, 5.41) is 6.55. The Morgan fingerprint density at radius 2 is 2.06 bits per heavy atom. The van der Waals surface area contributed by atoms with E-state index in [4.69, 9.17) is 22.7 Å². The number of primary amides is 1. The Kier molecular flexibility index (Phi) is 7.82. The van der Waals surface area contributed by atoms with Crippen molar-refractivity contribution in [3.63, 3.8) is 0 Å². The molecule has 100 valence electrons. The van der Waals surface area contributed by atoms with E-state index in [1.165, 1.54) is 0 Å². The van der Waals surface area contributed by atoms with Gasteiger partial charge in [0.2, 0.25) is 5.91 Å². The highest BCUT2D eigenvalue weighted by Crippen LogP contribution is 2.11. The summed E-state index contributed by atoms with van der Waals surface area (Å²) < 4.78 is 5.20. The average molecular weight is 261 g/mol. The second-order valence-electron chi connectivity index (χ2n) is 4.41. The first-order valence-corrected chi connectivity index (χ1v) is 6.20. The van der Waals surface area contributed by atoms with Crippen LogP contribution in [0.15, 0.2) is 0 Å². The minimum absolute atomic E-state index is 0.343. The quantitative estimate of drug-likeness (QED) is 0.435. The van der Waals surface area contributed by atoms with Gasteiger partial charge in [0.25, 0.3) is 0 Å². The summed E-state index contributed by atoms with van der Waals surface area (Å²) in [7, 11) is 0. The van der Waals surface area contributed by atoms with Gasteiger partial charge in [0.05, 0.1) is 5.41 Å². The molecular weight excluding hydrogens is 238 g/mol. The van der Waals surface area contributed by atoms with Crippen molar-refractivity contribution in [1.82, 2.24) is 10.6 Å². The zero-order chi connectivity index (χ0) is 13.3. The van der Waals surface area contributed by atoms with Crippen LogP contribution in [0.2, 0.25) is 0 Å². The molecule has 0 rings (SSSR count). The molecular formula is C11H23N3O2S. The number of hydrogen-bond donors (Lipinski definition) is 3. The predicted molar refractivity (Wildman–Crippen MR) is 72.7 cm³/mol. The predicted octanol–water partition coefficient (Wildman–Crippen LogP) is 0.389. The number of thiocarbonyl (C=S) groups is 1. The van der Waals surface area contributed by atoms with E-state index in [1.807, 2.05) is 6.92 Å². The molecule has 0 saturated carbocycles. The molecule has 1 amide bonds. The Morgan fingerprint density at radius 1 is 1.41 bits per heavy atom. The topological polar surface area (TPSA) is 76.4 Å². The molecule has 0 radical (unpaired) electrons. The van der Waals surface area contributed by atoms with Crippen molar-refractivity contribution in [3.8, 4) is 0 Å². The summed E-state index contributed by atoms with van der Waals surface area (Å²) in [5.41, 5.74) is 4.65. The van der Waals surface area contributed by atoms with Crippen LogP contribution in [0.4, 0.5) is 0 Å². The van der Waals surface area contributed by atoms with Crippen molar-refractivity contribution in [2.75, 3.05) is 26.3 Å². The maximum Gasteiger partial charge on any atom is 0.224 e. The van der Waals surface area contributed by atoms with Crippen LogP contribution < -0.4 is 16.4 Å². The van der Waals surface area contributed by atoms with E-state index in [-0.39, 0.29) is 5.91 Å². The minimum Gasteiger partial charge on any atom is -0.382 e. The molecule has 4 N–H and O–H groups in total. The fraction of sp³-hybridized carbons (Fsp3) is 0.818. The van der Waals surface area contributed by atoms with Gasteiger partial charge in [-0.25, -0.2) is 0 Å². The maximum absolute atomic E-state index is 11.1. The minimum atomic E-state index is -0.600. The van der Waals surface area contributed by atoms with Crippen LogP contribution in [0.5, 0.6) is 0 Å². The number of carbonyl (C=O) groups is 1. The van der Waals surface area contributed by atoms with Crippen LogP contribution in [-0.2, 0) is 9.53 Å². The first kappa shape index (κ1) is 16.1. The molecule has 0 aliphatic carbocycles. The molecule has 0 heterocycles. The molecule has 0 spiro atoms. The third-order valence-corrected chi connectivity index (χ3v) is 2.60. The SMILES string of the molecule is CCOCCCNC(=S)NCC(C)(C)C(N)=O. The van der Waals surface area contributed by atoms with Gasteiger partial charge in [0.1, 0.15) is 0 Å². The number of carbonyl (C=O) groups excluding carboxylic acids is 1. The van der Waals surface area contributed by atoms with Crippen LogP contribution in [0, 0.1) is 5.41 Å². The van der Waals surface area contributed by atoms with Crippen molar-refractivity contribution >= 4 is 23.2 Å². The zero-order valence-electron chi connectivity index (χ0n) is 10.8. The van der Waals surface area contributed by atoms with Gasteiger partial charge in [-0.1, -0.05) is 0 Å². The third-order valence-electron chi connectivity index (χ3n) is 2.31. The van der Waals surface area contributed by atoms with Crippen molar-refractivity contribution in [3.05, 3.63) is 0 Å². The van der Waals surface area contributed by atoms with Crippen LogP contribution in [-0.4, -0.2) is 37.3 Å². The normalized spacial score (nSPS) is 11.0. The van der Waals surface area contributed by atoms with Crippen molar-refractivity contribution in [2.24, 2.45) is 11.1 Å². The summed E-state index contributed by atoms with van der Waals surface area (Å²) >= 11 is 5.07. The van der Waals surface area contributed by atoms with E-state index in [2.05, 4.69) is 10.6 Å². The molecule has 0 atom stereocenters. The Labute approximate surface area is 108 Å². The van der Waals surface area contributed by atoms with Crippen LogP contribution in [0.3, 0.4) is 0 Å². The number of rotatable bonds is 8. The number of ether oxygens (including phenoxy) is 1. The van der Waals surface area contributed by atoms with Gasteiger partial charge < -0.3 is 21.1 Å². The lowest BCUT2D eigenvalue weighted by Crippen LogP contribution is -2.45. The molecule has 0 aromatic rings. The van der Waals surface area contributed by atoms with Gasteiger partial charge in [-0.2, -0.15) is 0 Å². The molecule has 0 aromatic carbocycles. The van der Waals surface area contributed by atoms with Crippen LogP contribution in [0.1, 0.15) is 27.2 Å². The Bertz CT molecular complexity index is 257. The lowest BCUT2D eigenvalue weighted by molar-refractivity contribution is -0.125. The Balaban J connectivity index is 3.63. The molecule has 0 aromatic heterocycles. The highest BCUT2D eigenvalue weighted by molar-refractivity contribution is 7.80. The van der Waals surface area contributed by atoms with Crippen LogP contribution in [0.25, 0.3) is 0 Å². The van der Waals surface area contributed by atoms with E-state index in [0.717, 1.165) is 26.2 Å².